The standard InChI is InChI=1S/C15H15N3OS/c1-11-4-5-12(8-17-11)9-18-15(19)13-7-14(20-10-13)3-2-6-16/h4-5,7-8,10H,6,9,16H2,1H3,(H,18,19). The van der Waals surface area contributed by atoms with Gasteiger partial charge in [0.15, 0.2) is 0 Å². The molecular formula is C15H15N3OS. The highest BCUT2D eigenvalue weighted by atomic mass is 32.1. The first-order chi connectivity index (χ1) is 9.69. The van der Waals surface area contributed by atoms with Crippen LogP contribution in [0.1, 0.15) is 26.5 Å². The lowest BCUT2D eigenvalue weighted by Gasteiger charge is -2.03. The quantitative estimate of drug-likeness (QED) is 0.843. The molecule has 4 nitrogen and oxygen atoms in total. The van der Waals surface area contributed by atoms with Crippen LogP contribution < -0.4 is 11.1 Å². The smallest absolute Gasteiger partial charge is 0.252 e. The number of nitrogens with two attached hydrogens (primary N) is 1. The summed E-state index contributed by atoms with van der Waals surface area (Å²) in [5.74, 6) is 5.57. The molecule has 3 N–H and O–H groups in total. The van der Waals surface area contributed by atoms with Gasteiger partial charge in [-0.05, 0) is 24.6 Å². The average molecular weight is 285 g/mol. The molecule has 0 bridgehead atoms. The number of pyridine rings is 1. The third kappa shape index (κ3) is 3.92. The van der Waals surface area contributed by atoms with Crippen LogP contribution in [-0.4, -0.2) is 17.4 Å². The van der Waals surface area contributed by atoms with Crippen molar-refractivity contribution in [3.8, 4) is 11.8 Å². The van der Waals surface area contributed by atoms with Crippen molar-refractivity contribution in [1.82, 2.24) is 10.3 Å². The number of thiophene rings is 1. The number of amides is 1. The van der Waals surface area contributed by atoms with E-state index in [-0.39, 0.29) is 5.91 Å². The fourth-order valence-corrected chi connectivity index (χ4v) is 2.30. The summed E-state index contributed by atoms with van der Waals surface area (Å²) in [6.07, 6.45) is 1.77. The van der Waals surface area contributed by atoms with Crippen LogP contribution in [0, 0.1) is 18.8 Å². The van der Waals surface area contributed by atoms with E-state index in [1.807, 2.05) is 19.1 Å². The molecule has 1 amide bonds. The minimum Gasteiger partial charge on any atom is -0.348 e. The van der Waals surface area contributed by atoms with E-state index >= 15 is 0 Å². The number of nitrogens with zero attached hydrogens (tertiary/aromatic N) is 1. The summed E-state index contributed by atoms with van der Waals surface area (Å²) in [5, 5.41) is 4.65. The SMILES string of the molecule is Cc1ccc(CNC(=O)c2csc(C#CCN)c2)cn1. The van der Waals surface area contributed by atoms with Crippen LogP contribution >= 0.6 is 11.3 Å². The molecule has 0 saturated carbocycles. The van der Waals surface area contributed by atoms with Gasteiger partial charge in [0.25, 0.3) is 5.91 Å². The van der Waals surface area contributed by atoms with Crippen LogP contribution in [-0.2, 0) is 6.54 Å². The van der Waals surface area contributed by atoms with Crippen molar-refractivity contribution in [2.45, 2.75) is 13.5 Å². The number of hydrogen-bond acceptors (Lipinski definition) is 4. The monoisotopic (exact) mass is 285 g/mol. The summed E-state index contributed by atoms with van der Waals surface area (Å²) in [7, 11) is 0. The Labute approximate surface area is 122 Å². The second-order valence-electron chi connectivity index (χ2n) is 4.20. The van der Waals surface area contributed by atoms with Crippen molar-refractivity contribution >= 4 is 17.2 Å². The molecule has 0 aliphatic carbocycles. The van der Waals surface area contributed by atoms with Crippen molar-refractivity contribution in [3.63, 3.8) is 0 Å². The van der Waals surface area contributed by atoms with Gasteiger partial charge in [-0.25, -0.2) is 0 Å². The van der Waals surface area contributed by atoms with Crippen molar-refractivity contribution in [3.05, 3.63) is 51.5 Å². The molecule has 0 aromatic carbocycles. The molecule has 0 aliphatic rings. The molecular weight excluding hydrogens is 270 g/mol. The summed E-state index contributed by atoms with van der Waals surface area (Å²) in [4.78, 5) is 17.0. The van der Waals surface area contributed by atoms with Gasteiger partial charge in [-0.2, -0.15) is 0 Å². The van der Waals surface area contributed by atoms with Crippen LogP contribution in [0.2, 0.25) is 0 Å². The molecule has 2 aromatic heterocycles. The molecule has 20 heavy (non-hydrogen) atoms. The summed E-state index contributed by atoms with van der Waals surface area (Å²) in [5.41, 5.74) is 7.87. The van der Waals surface area contributed by atoms with Crippen molar-refractivity contribution in [2.24, 2.45) is 5.73 Å². The first kappa shape index (κ1) is 14.3. The van der Waals surface area contributed by atoms with Crippen LogP contribution in [0.15, 0.2) is 29.8 Å². The Kier molecular flexibility index (Phi) is 4.88. The maximum Gasteiger partial charge on any atom is 0.252 e. The Hall–Kier alpha value is -2.16. The van der Waals surface area contributed by atoms with E-state index in [4.69, 9.17) is 5.73 Å². The van der Waals surface area contributed by atoms with E-state index in [2.05, 4.69) is 22.1 Å². The summed E-state index contributed by atoms with van der Waals surface area (Å²) in [6, 6.07) is 5.65. The van der Waals surface area contributed by atoms with Crippen LogP contribution in [0.3, 0.4) is 0 Å². The molecule has 0 radical (unpaired) electrons. The predicted octanol–water partition coefficient (Wildman–Crippen LogP) is 1.69. The van der Waals surface area contributed by atoms with Gasteiger partial charge in [0.2, 0.25) is 0 Å². The normalized spacial score (nSPS) is 9.70. The van der Waals surface area contributed by atoms with Crippen LogP contribution in [0.4, 0.5) is 0 Å². The minimum atomic E-state index is -0.109. The van der Waals surface area contributed by atoms with Crippen molar-refractivity contribution < 1.29 is 4.79 Å². The molecule has 0 atom stereocenters. The molecule has 0 spiro atoms. The molecule has 0 fully saturated rings. The Morgan fingerprint density at radius 2 is 2.35 bits per heavy atom. The lowest BCUT2D eigenvalue weighted by atomic mass is 10.2. The van der Waals surface area contributed by atoms with E-state index in [9.17, 15) is 4.79 Å². The Bertz CT molecular complexity index is 650. The maximum atomic E-state index is 12.0. The van der Waals surface area contributed by atoms with E-state index in [0.717, 1.165) is 16.1 Å². The fraction of sp³-hybridized carbons (Fsp3) is 0.200. The van der Waals surface area contributed by atoms with Crippen molar-refractivity contribution in [2.75, 3.05) is 6.54 Å². The second kappa shape index (κ2) is 6.85. The third-order valence-electron chi connectivity index (χ3n) is 2.60. The zero-order valence-corrected chi connectivity index (χ0v) is 12.0. The van der Waals surface area contributed by atoms with Gasteiger partial charge in [0.05, 0.1) is 17.0 Å². The number of hydrogen-bond donors (Lipinski definition) is 2. The first-order valence-electron chi connectivity index (χ1n) is 6.16. The number of aryl methyl sites for hydroxylation is 1. The summed E-state index contributed by atoms with van der Waals surface area (Å²) >= 11 is 1.44. The fourth-order valence-electron chi connectivity index (χ4n) is 1.55. The molecule has 102 valence electrons. The van der Waals surface area contributed by atoms with E-state index < -0.39 is 0 Å². The average Bonchev–Trinajstić information content (AvgIpc) is 2.93. The van der Waals surface area contributed by atoms with Gasteiger partial charge >= 0.3 is 0 Å². The van der Waals surface area contributed by atoms with E-state index in [0.29, 0.717) is 18.7 Å². The van der Waals surface area contributed by atoms with Gasteiger partial charge in [-0.3, -0.25) is 9.78 Å². The van der Waals surface area contributed by atoms with E-state index in [1.54, 1.807) is 17.6 Å². The maximum absolute atomic E-state index is 12.0. The van der Waals surface area contributed by atoms with Crippen LogP contribution in [0.5, 0.6) is 0 Å². The molecule has 2 aromatic rings. The number of carbonyl (C=O) groups is 1. The van der Waals surface area contributed by atoms with E-state index in [1.165, 1.54) is 11.3 Å². The lowest BCUT2D eigenvalue weighted by Crippen LogP contribution is -2.22. The van der Waals surface area contributed by atoms with Gasteiger partial charge in [-0.15, -0.1) is 11.3 Å². The number of nitrogens with one attached hydrogen (secondary N) is 1. The summed E-state index contributed by atoms with van der Waals surface area (Å²) < 4.78 is 0. The number of rotatable bonds is 3. The molecule has 2 heterocycles. The van der Waals surface area contributed by atoms with Gasteiger partial charge in [-0.1, -0.05) is 17.9 Å². The third-order valence-corrected chi connectivity index (χ3v) is 3.45. The first-order valence-corrected chi connectivity index (χ1v) is 7.04. The zero-order chi connectivity index (χ0) is 14.4. The Balaban J connectivity index is 1.94. The second-order valence-corrected chi connectivity index (χ2v) is 5.11. The molecule has 0 saturated heterocycles. The highest BCUT2D eigenvalue weighted by molar-refractivity contribution is 7.10. The largest absolute Gasteiger partial charge is 0.348 e. The van der Waals surface area contributed by atoms with Gasteiger partial charge in [0, 0.05) is 23.8 Å². The number of carbonyl (C=O) groups excluding carboxylic acids is 1. The zero-order valence-electron chi connectivity index (χ0n) is 11.1. The predicted molar refractivity (Wildman–Crippen MR) is 80.4 cm³/mol. The highest BCUT2D eigenvalue weighted by Gasteiger charge is 2.07. The van der Waals surface area contributed by atoms with Gasteiger partial charge in [0.1, 0.15) is 0 Å². The van der Waals surface area contributed by atoms with Crippen molar-refractivity contribution in [1.29, 1.82) is 0 Å². The number of aromatic nitrogens is 1. The Morgan fingerprint density at radius 1 is 1.50 bits per heavy atom. The topological polar surface area (TPSA) is 68.0 Å². The van der Waals surface area contributed by atoms with Crippen LogP contribution in [0.25, 0.3) is 0 Å². The van der Waals surface area contributed by atoms with Gasteiger partial charge < -0.3 is 11.1 Å². The summed E-state index contributed by atoms with van der Waals surface area (Å²) in [6.45, 7) is 2.71. The Morgan fingerprint density at radius 3 is 3.05 bits per heavy atom. The lowest BCUT2D eigenvalue weighted by molar-refractivity contribution is 0.0951. The minimum absolute atomic E-state index is 0.109. The molecule has 0 unspecified atom stereocenters. The molecule has 2 rings (SSSR count). The molecule has 5 heteroatoms. The highest BCUT2D eigenvalue weighted by Crippen LogP contribution is 2.13. The molecule has 0 aliphatic heterocycles.